The van der Waals surface area contributed by atoms with Crippen molar-refractivity contribution in [2.75, 3.05) is 7.11 Å². The molecule has 0 atom stereocenters. The van der Waals surface area contributed by atoms with Crippen molar-refractivity contribution in [3.8, 4) is 11.5 Å². The monoisotopic (exact) mass is 210 g/mol. The second-order valence-electron chi connectivity index (χ2n) is 2.87. The number of aromatic hydroxyl groups is 1. The number of carboxylic acids is 1. The Morgan fingerprint density at radius 2 is 2.20 bits per heavy atom. The molecule has 2 N–H and O–H groups in total. The van der Waals surface area contributed by atoms with E-state index in [9.17, 15) is 14.7 Å². The molecule has 1 aromatic carbocycles. The second kappa shape index (κ2) is 4.45. The molecule has 0 heterocycles. The highest BCUT2D eigenvalue weighted by atomic mass is 16.5. The van der Waals surface area contributed by atoms with Crippen LogP contribution in [0.4, 0.5) is 0 Å². The smallest absolute Gasteiger partial charge is 0.339 e. The Balaban J connectivity index is 3.31. The average molecular weight is 210 g/mol. The van der Waals surface area contributed by atoms with Crippen LogP contribution in [0.1, 0.15) is 15.9 Å². The summed E-state index contributed by atoms with van der Waals surface area (Å²) >= 11 is 0. The number of methoxy groups -OCH3 is 1. The van der Waals surface area contributed by atoms with Crippen molar-refractivity contribution in [1.82, 2.24) is 0 Å². The van der Waals surface area contributed by atoms with Crippen molar-refractivity contribution in [2.24, 2.45) is 0 Å². The molecule has 0 spiro atoms. The maximum absolute atomic E-state index is 10.7. The van der Waals surface area contributed by atoms with Gasteiger partial charge in [0.2, 0.25) is 0 Å². The summed E-state index contributed by atoms with van der Waals surface area (Å²) in [6.45, 7) is 0. The minimum atomic E-state index is -1.27. The number of aldehydes is 1. The number of hydrogen-bond acceptors (Lipinski definition) is 4. The van der Waals surface area contributed by atoms with E-state index in [2.05, 4.69) is 0 Å². The number of carboxylic acid groups (broad SMARTS) is 1. The van der Waals surface area contributed by atoms with Crippen LogP contribution >= 0.6 is 0 Å². The number of benzene rings is 1. The summed E-state index contributed by atoms with van der Waals surface area (Å²) in [6, 6.07) is 2.67. The van der Waals surface area contributed by atoms with Gasteiger partial charge in [-0.15, -0.1) is 0 Å². The van der Waals surface area contributed by atoms with Crippen molar-refractivity contribution in [3.63, 3.8) is 0 Å². The van der Waals surface area contributed by atoms with E-state index in [-0.39, 0.29) is 17.7 Å². The average Bonchev–Trinajstić information content (AvgIpc) is 2.20. The van der Waals surface area contributed by atoms with Crippen LogP contribution in [-0.2, 0) is 11.2 Å². The summed E-state index contributed by atoms with van der Waals surface area (Å²) in [5.41, 5.74) is 0.211. The van der Waals surface area contributed by atoms with Crippen LogP contribution in [0.25, 0.3) is 0 Å². The Labute approximate surface area is 85.9 Å². The number of hydrogen-bond donors (Lipinski definition) is 2. The maximum atomic E-state index is 10.7. The third-order valence-corrected chi connectivity index (χ3v) is 1.90. The fourth-order valence-electron chi connectivity index (χ4n) is 1.20. The number of carbonyl (C=O) groups excluding carboxylic acids is 1. The molecule has 1 aromatic rings. The number of rotatable bonds is 4. The topological polar surface area (TPSA) is 83.8 Å². The molecule has 0 saturated carbocycles. The lowest BCUT2D eigenvalue weighted by Gasteiger charge is -2.08. The molecule has 0 aliphatic carbocycles. The van der Waals surface area contributed by atoms with Crippen LogP contribution in [0.5, 0.6) is 11.5 Å². The first-order valence-electron chi connectivity index (χ1n) is 4.17. The van der Waals surface area contributed by atoms with Gasteiger partial charge < -0.3 is 19.7 Å². The number of carbonyl (C=O) groups is 2. The van der Waals surface area contributed by atoms with Gasteiger partial charge in [-0.05, 0) is 17.7 Å². The lowest BCUT2D eigenvalue weighted by atomic mass is 10.1. The molecule has 1 rings (SSSR count). The van der Waals surface area contributed by atoms with Crippen LogP contribution in [0.2, 0.25) is 0 Å². The first-order valence-corrected chi connectivity index (χ1v) is 4.17. The van der Waals surface area contributed by atoms with Crippen LogP contribution in [0.3, 0.4) is 0 Å². The summed E-state index contributed by atoms with van der Waals surface area (Å²) in [5, 5.41) is 18.2. The predicted molar refractivity (Wildman–Crippen MR) is 51.4 cm³/mol. The van der Waals surface area contributed by atoms with E-state index in [1.165, 1.54) is 19.2 Å². The van der Waals surface area contributed by atoms with E-state index in [0.717, 1.165) is 0 Å². The fraction of sp³-hybridized carbons (Fsp3) is 0.200. The van der Waals surface area contributed by atoms with Crippen LogP contribution in [0, 0.1) is 0 Å². The number of aromatic carboxylic acids is 1. The van der Waals surface area contributed by atoms with Crippen LogP contribution in [-0.4, -0.2) is 29.6 Å². The van der Waals surface area contributed by atoms with Crippen LogP contribution in [0.15, 0.2) is 12.1 Å². The van der Waals surface area contributed by atoms with Gasteiger partial charge in [0.25, 0.3) is 0 Å². The third kappa shape index (κ3) is 2.25. The standard InChI is InChI=1S/C10H10O5/c1-15-8-5-6(2-3-11)4-7(9(8)12)10(13)14/h3-5,12H,2H2,1H3,(H,13,14). The fourth-order valence-corrected chi connectivity index (χ4v) is 1.20. The Kier molecular flexibility index (Phi) is 3.28. The molecule has 0 amide bonds. The van der Waals surface area contributed by atoms with Gasteiger partial charge in [0.15, 0.2) is 11.5 Å². The molecule has 0 radical (unpaired) electrons. The lowest BCUT2D eigenvalue weighted by Crippen LogP contribution is -2.01. The van der Waals surface area contributed by atoms with Gasteiger partial charge in [0, 0.05) is 6.42 Å². The molecule has 0 unspecified atom stereocenters. The van der Waals surface area contributed by atoms with Gasteiger partial charge in [-0.3, -0.25) is 0 Å². The highest BCUT2D eigenvalue weighted by Crippen LogP contribution is 2.31. The first-order chi connectivity index (χ1) is 7.10. The molecule has 0 saturated heterocycles. The largest absolute Gasteiger partial charge is 0.504 e. The zero-order valence-electron chi connectivity index (χ0n) is 8.06. The zero-order chi connectivity index (χ0) is 11.4. The quantitative estimate of drug-likeness (QED) is 0.719. The Hall–Kier alpha value is -2.04. The molecule has 0 aromatic heterocycles. The van der Waals surface area contributed by atoms with Gasteiger partial charge >= 0.3 is 5.97 Å². The van der Waals surface area contributed by atoms with Crippen molar-refractivity contribution in [3.05, 3.63) is 23.3 Å². The molecule has 0 fully saturated rings. The van der Waals surface area contributed by atoms with E-state index in [1.54, 1.807) is 0 Å². The Morgan fingerprint density at radius 3 is 2.67 bits per heavy atom. The summed E-state index contributed by atoms with van der Waals surface area (Å²) < 4.78 is 4.79. The zero-order valence-corrected chi connectivity index (χ0v) is 8.06. The van der Waals surface area contributed by atoms with E-state index in [1.807, 2.05) is 0 Å². The lowest BCUT2D eigenvalue weighted by molar-refractivity contribution is -0.107. The van der Waals surface area contributed by atoms with E-state index >= 15 is 0 Å². The molecule has 0 aliphatic rings. The first kappa shape index (κ1) is 11.0. The van der Waals surface area contributed by atoms with Crippen molar-refractivity contribution < 1.29 is 24.5 Å². The van der Waals surface area contributed by atoms with Crippen molar-refractivity contribution in [1.29, 1.82) is 0 Å². The summed E-state index contributed by atoms with van der Waals surface area (Å²) in [6.07, 6.45) is 0.731. The molecule has 5 heteroatoms. The minimum Gasteiger partial charge on any atom is -0.504 e. The number of phenols is 1. The van der Waals surface area contributed by atoms with Crippen molar-refractivity contribution in [2.45, 2.75) is 6.42 Å². The molecular weight excluding hydrogens is 200 g/mol. The van der Waals surface area contributed by atoms with E-state index < -0.39 is 11.7 Å². The maximum Gasteiger partial charge on any atom is 0.339 e. The molecule has 0 aliphatic heterocycles. The van der Waals surface area contributed by atoms with Gasteiger partial charge in [-0.25, -0.2) is 4.79 Å². The normalized spacial score (nSPS) is 9.67. The van der Waals surface area contributed by atoms with Crippen LogP contribution < -0.4 is 4.74 Å². The molecule has 80 valence electrons. The van der Waals surface area contributed by atoms with Gasteiger partial charge in [0.05, 0.1) is 7.11 Å². The SMILES string of the molecule is COc1cc(CC=O)cc(C(=O)O)c1O. The highest BCUT2D eigenvalue weighted by Gasteiger charge is 2.15. The third-order valence-electron chi connectivity index (χ3n) is 1.90. The Bertz CT molecular complexity index is 397. The van der Waals surface area contributed by atoms with Crippen molar-refractivity contribution >= 4 is 12.3 Å². The molecule has 5 nitrogen and oxygen atoms in total. The molecule has 0 bridgehead atoms. The van der Waals surface area contributed by atoms with E-state index in [4.69, 9.17) is 9.84 Å². The summed E-state index contributed by atoms with van der Waals surface area (Å²) in [7, 11) is 1.31. The predicted octanol–water partition coefficient (Wildman–Crippen LogP) is 0.840. The van der Waals surface area contributed by atoms with Gasteiger partial charge in [-0.2, -0.15) is 0 Å². The number of ether oxygens (including phenoxy) is 1. The summed E-state index contributed by atoms with van der Waals surface area (Å²) in [5.74, 6) is -1.65. The molecular formula is C10H10O5. The Morgan fingerprint density at radius 1 is 1.53 bits per heavy atom. The second-order valence-corrected chi connectivity index (χ2v) is 2.87. The van der Waals surface area contributed by atoms with E-state index in [0.29, 0.717) is 11.8 Å². The van der Waals surface area contributed by atoms with Gasteiger partial charge in [-0.1, -0.05) is 0 Å². The minimum absolute atomic E-state index is 0.0479. The molecule has 15 heavy (non-hydrogen) atoms. The van der Waals surface area contributed by atoms with Gasteiger partial charge in [0.1, 0.15) is 11.8 Å². The highest BCUT2D eigenvalue weighted by molar-refractivity contribution is 5.92. The summed E-state index contributed by atoms with van der Waals surface area (Å²) in [4.78, 5) is 21.0.